The van der Waals surface area contributed by atoms with Gasteiger partial charge in [-0.3, -0.25) is 9.48 Å². The highest BCUT2D eigenvalue weighted by atomic mass is 79.9. The summed E-state index contributed by atoms with van der Waals surface area (Å²) < 4.78 is 2.52. The molecule has 0 fully saturated rings. The lowest BCUT2D eigenvalue weighted by molar-refractivity contribution is 0.0953. The van der Waals surface area contributed by atoms with Crippen LogP contribution >= 0.6 is 15.9 Å². The first-order valence-corrected chi connectivity index (χ1v) is 6.33. The number of nitrogens with zero attached hydrogens (tertiary/aromatic N) is 3. The van der Waals surface area contributed by atoms with Crippen molar-refractivity contribution in [2.75, 3.05) is 6.54 Å². The summed E-state index contributed by atoms with van der Waals surface area (Å²) in [5.41, 5.74) is 1.65. The minimum Gasteiger partial charge on any atom is -0.352 e. The lowest BCUT2D eigenvalue weighted by Gasteiger charge is -2.05. The van der Waals surface area contributed by atoms with Gasteiger partial charge in [-0.2, -0.15) is 5.10 Å². The number of amides is 1. The summed E-state index contributed by atoms with van der Waals surface area (Å²) in [6.45, 7) is 0.578. The van der Waals surface area contributed by atoms with Crippen molar-refractivity contribution in [1.82, 2.24) is 20.1 Å². The molecule has 0 aliphatic heterocycles. The Bertz CT molecular complexity index is 535. The van der Waals surface area contributed by atoms with Crippen molar-refractivity contribution in [1.29, 1.82) is 0 Å². The van der Waals surface area contributed by atoms with E-state index in [1.807, 2.05) is 13.1 Å². The van der Waals surface area contributed by atoms with Crippen molar-refractivity contribution in [3.63, 3.8) is 0 Å². The summed E-state index contributed by atoms with van der Waals surface area (Å²) in [5.74, 6) is -0.114. The molecule has 0 aliphatic rings. The van der Waals surface area contributed by atoms with Crippen molar-refractivity contribution >= 4 is 21.8 Å². The number of carbonyl (C=O) groups is 1. The van der Waals surface area contributed by atoms with Gasteiger partial charge in [-0.05, 0) is 34.1 Å². The van der Waals surface area contributed by atoms with Crippen LogP contribution in [0.5, 0.6) is 0 Å². The van der Waals surface area contributed by atoms with Crippen LogP contribution in [0.1, 0.15) is 16.1 Å². The zero-order chi connectivity index (χ0) is 13.0. The molecule has 0 spiro atoms. The number of nitrogens with one attached hydrogen (secondary N) is 1. The molecule has 18 heavy (non-hydrogen) atoms. The molecule has 0 radical (unpaired) electrons. The molecule has 0 atom stereocenters. The molecule has 2 aromatic rings. The summed E-state index contributed by atoms with van der Waals surface area (Å²) in [7, 11) is 1.88. The Kier molecular flexibility index (Phi) is 4.09. The minimum atomic E-state index is -0.114. The monoisotopic (exact) mass is 308 g/mol. The van der Waals surface area contributed by atoms with Gasteiger partial charge in [0.25, 0.3) is 5.91 Å². The van der Waals surface area contributed by atoms with Gasteiger partial charge >= 0.3 is 0 Å². The maximum atomic E-state index is 11.8. The van der Waals surface area contributed by atoms with Gasteiger partial charge in [-0.1, -0.05) is 0 Å². The Morgan fingerprint density at radius 2 is 2.28 bits per heavy atom. The van der Waals surface area contributed by atoms with E-state index in [2.05, 4.69) is 31.3 Å². The molecule has 5 nitrogen and oxygen atoms in total. The van der Waals surface area contributed by atoms with Crippen LogP contribution in [0.25, 0.3) is 0 Å². The first-order valence-electron chi connectivity index (χ1n) is 5.53. The van der Waals surface area contributed by atoms with Crippen LogP contribution in [0.2, 0.25) is 0 Å². The molecule has 0 saturated carbocycles. The standard InChI is InChI=1S/C12H13BrN4O/c1-17-10(5-7-16-17)4-6-14-12(18)9-2-3-11(13)15-8-9/h2-3,5,7-8H,4,6H2,1H3,(H,14,18). The van der Waals surface area contributed by atoms with Crippen molar-refractivity contribution < 1.29 is 4.79 Å². The normalized spacial score (nSPS) is 10.3. The number of hydrogen-bond acceptors (Lipinski definition) is 3. The van der Waals surface area contributed by atoms with Gasteiger partial charge in [0, 0.05) is 38.1 Å². The average Bonchev–Trinajstić information content (AvgIpc) is 2.76. The quantitative estimate of drug-likeness (QED) is 0.872. The van der Waals surface area contributed by atoms with E-state index < -0.39 is 0 Å². The number of rotatable bonds is 4. The van der Waals surface area contributed by atoms with Crippen LogP contribution in [0.4, 0.5) is 0 Å². The Hall–Kier alpha value is -1.69. The van der Waals surface area contributed by atoms with Gasteiger partial charge in [0.15, 0.2) is 0 Å². The molecule has 94 valence electrons. The number of hydrogen-bond donors (Lipinski definition) is 1. The van der Waals surface area contributed by atoms with E-state index in [0.717, 1.165) is 12.1 Å². The average molecular weight is 309 g/mol. The van der Waals surface area contributed by atoms with Crippen LogP contribution in [0, 0.1) is 0 Å². The summed E-state index contributed by atoms with van der Waals surface area (Å²) >= 11 is 3.23. The smallest absolute Gasteiger partial charge is 0.252 e. The minimum absolute atomic E-state index is 0.114. The van der Waals surface area contributed by atoms with Gasteiger partial charge in [0.2, 0.25) is 0 Å². The second-order valence-corrected chi connectivity index (χ2v) is 4.63. The molecule has 6 heteroatoms. The SMILES string of the molecule is Cn1nccc1CCNC(=O)c1ccc(Br)nc1. The maximum absolute atomic E-state index is 11.8. The molecular formula is C12H13BrN4O. The number of pyridine rings is 1. The molecule has 1 N–H and O–H groups in total. The predicted molar refractivity (Wildman–Crippen MR) is 71.2 cm³/mol. The Balaban J connectivity index is 1.85. The van der Waals surface area contributed by atoms with E-state index in [9.17, 15) is 4.79 Å². The lowest BCUT2D eigenvalue weighted by Crippen LogP contribution is -2.26. The third-order valence-corrected chi connectivity index (χ3v) is 3.05. The van der Waals surface area contributed by atoms with Gasteiger partial charge < -0.3 is 5.32 Å². The van der Waals surface area contributed by atoms with Gasteiger partial charge in [-0.15, -0.1) is 0 Å². The van der Waals surface area contributed by atoms with Crippen molar-refractivity contribution in [3.8, 4) is 0 Å². The van der Waals surface area contributed by atoms with Crippen molar-refractivity contribution in [2.45, 2.75) is 6.42 Å². The van der Waals surface area contributed by atoms with E-state index in [4.69, 9.17) is 0 Å². The third kappa shape index (κ3) is 3.16. The molecule has 1 amide bonds. The van der Waals surface area contributed by atoms with E-state index in [1.54, 1.807) is 29.2 Å². The second kappa shape index (κ2) is 5.77. The lowest BCUT2D eigenvalue weighted by atomic mass is 10.2. The Morgan fingerprint density at radius 3 is 2.89 bits per heavy atom. The molecular weight excluding hydrogens is 296 g/mol. The van der Waals surface area contributed by atoms with Crippen LogP contribution in [-0.2, 0) is 13.5 Å². The maximum Gasteiger partial charge on any atom is 0.252 e. The number of aryl methyl sites for hydroxylation is 1. The van der Waals surface area contributed by atoms with E-state index in [1.165, 1.54) is 0 Å². The first kappa shape index (κ1) is 12.8. The fraction of sp³-hybridized carbons (Fsp3) is 0.250. The zero-order valence-corrected chi connectivity index (χ0v) is 11.5. The molecule has 2 aromatic heterocycles. The summed E-state index contributed by atoms with van der Waals surface area (Å²) in [6.07, 6.45) is 4.05. The highest BCUT2D eigenvalue weighted by molar-refractivity contribution is 9.10. The second-order valence-electron chi connectivity index (χ2n) is 3.82. The summed E-state index contributed by atoms with van der Waals surface area (Å²) in [5, 5.41) is 6.92. The fourth-order valence-electron chi connectivity index (χ4n) is 1.56. The number of aromatic nitrogens is 3. The van der Waals surface area contributed by atoms with Gasteiger partial charge in [0.05, 0.1) is 5.56 Å². The Morgan fingerprint density at radius 1 is 1.44 bits per heavy atom. The summed E-state index contributed by atoms with van der Waals surface area (Å²) in [4.78, 5) is 15.8. The van der Waals surface area contributed by atoms with Gasteiger partial charge in [-0.25, -0.2) is 4.98 Å². The molecule has 2 rings (SSSR count). The molecule has 0 unspecified atom stereocenters. The Labute approximate surface area is 113 Å². The highest BCUT2D eigenvalue weighted by Crippen LogP contribution is 2.06. The number of carbonyl (C=O) groups excluding carboxylic acids is 1. The summed E-state index contributed by atoms with van der Waals surface area (Å²) in [6, 6.07) is 5.42. The van der Waals surface area contributed by atoms with Crippen LogP contribution < -0.4 is 5.32 Å². The van der Waals surface area contributed by atoms with E-state index in [0.29, 0.717) is 16.7 Å². The predicted octanol–water partition coefficient (Wildman–Crippen LogP) is 1.55. The number of halogens is 1. The molecule has 0 aliphatic carbocycles. The van der Waals surface area contributed by atoms with Crippen molar-refractivity contribution in [3.05, 3.63) is 46.5 Å². The van der Waals surface area contributed by atoms with E-state index >= 15 is 0 Å². The molecule has 0 saturated heterocycles. The highest BCUT2D eigenvalue weighted by Gasteiger charge is 2.05. The van der Waals surface area contributed by atoms with Crippen LogP contribution in [0.15, 0.2) is 35.2 Å². The fourth-order valence-corrected chi connectivity index (χ4v) is 1.80. The van der Waals surface area contributed by atoms with Crippen LogP contribution in [0.3, 0.4) is 0 Å². The zero-order valence-electron chi connectivity index (χ0n) is 9.93. The molecule has 0 bridgehead atoms. The molecule has 2 heterocycles. The van der Waals surface area contributed by atoms with Gasteiger partial charge in [0.1, 0.15) is 4.60 Å². The first-order chi connectivity index (χ1) is 8.66. The molecule has 0 aromatic carbocycles. The van der Waals surface area contributed by atoms with Crippen molar-refractivity contribution in [2.24, 2.45) is 7.05 Å². The largest absolute Gasteiger partial charge is 0.352 e. The van der Waals surface area contributed by atoms with Crippen LogP contribution in [-0.4, -0.2) is 27.2 Å². The third-order valence-electron chi connectivity index (χ3n) is 2.58. The topological polar surface area (TPSA) is 59.8 Å². The van der Waals surface area contributed by atoms with E-state index in [-0.39, 0.29) is 5.91 Å².